The Morgan fingerprint density at radius 1 is 1.54 bits per heavy atom. The van der Waals surface area contributed by atoms with E-state index in [2.05, 4.69) is 10.1 Å². The van der Waals surface area contributed by atoms with Gasteiger partial charge in [0.25, 0.3) is 0 Å². The van der Waals surface area contributed by atoms with Gasteiger partial charge in [-0.05, 0) is 12.1 Å². The summed E-state index contributed by atoms with van der Waals surface area (Å²) in [5, 5.41) is 12.5. The first-order valence-electron chi connectivity index (χ1n) is 3.51. The van der Waals surface area contributed by atoms with Crippen LogP contribution in [0.15, 0.2) is 18.5 Å². The predicted octanol–water partition coefficient (Wildman–Crippen LogP) is 0.00970. The Morgan fingerprint density at radius 2 is 2.31 bits per heavy atom. The molecule has 0 bridgehead atoms. The monoisotopic (exact) mass is 178 g/mol. The number of carbonyl (C=O) groups is 1. The minimum Gasteiger partial charge on any atom is -0.477 e. The van der Waals surface area contributed by atoms with Gasteiger partial charge in [0.2, 0.25) is 0 Å². The highest BCUT2D eigenvalue weighted by Gasteiger charge is 2.11. The highest BCUT2D eigenvalue weighted by Crippen LogP contribution is 2.12. The second kappa shape index (κ2) is 2.44. The number of nitrogen functional groups attached to an aromatic ring is 1. The number of aromatic nitrogens is 3. The highest BCUT2D eigenvalue weighted by atomic mass is 16.4. The van der Waals surface area contributed by atoms with E-state index in [-0.39, 0.29) is 11.5 Å². The molecule has 0 amide bonds. The number of rotatable bonds is 1. The Bertz CT molecular complexity index is 476. The Morgan fingerprint density at radius 3 is 3.00 bits per heavy atom. The van der Waals surface area contributed by atoms with Crippen molar-refractivity contribution in [1.29, 1.82) is 0 Å². The van der Waals surface area contributed by atoms with E-state index in [4.69, 9.17) is 10.8 Å². The van der Waals surface area contributed by atoms with E-state index in [9.17, 15) is 4.79 Å². The molecule has 0 saturated heterocycles. The molecular weight excluding hydrogens is 172 g/mol. The van der Waals surface area contributed by atoms with E-state index >= 15 is 0 Å². The molecule has 66 valence electrons. The lowest BCUT2D eigenvalue weighted by molar-refractivity contribution is 0.0688. The zero-order chi connectivity index (χ0) is 9.42. The molecule has 2 aromatic rings. The van der Waals surface area contributed by atoms with Gasteiger partial charge in [0.1, 0.15) is 11.8 Å². The van der Waals surface area contributed by atoms with E-state index in [0.29, 0.717) is 5.52 Å². The van der Waals surface area contributed by atoms with Crippen LogP contribution in [-0.4, -0.2) is 25.7 Å². The number of anilines is 1. The molecule has 13 heavy (non-hydrogen) atoms. The molecule has 3 N–H and O–H groups in total. The molecule has 2 rings (SSSR count). The number of fused-ring (bicyclic) bond motifs is 1. The summed E-state index contributed by atoms with van der Waals surface area (Å²) in [6.45, 7) is 0. The Labute approximate surface area is 72.6 Å². The number of carboxylic acid groups (broad SMARTS) is 1. The molecule has 0 aliphatic carbocycles. The van der Waals surface area contributed by atoms with Crippen molar-refractivity contribution in [2.45, 2.75) is 0 Å². The zero-order valence-corrected chi connectivity index (χ0v) is 6.51. The first-order valence-corrected chi connectivity index (χ1v) is 3.51. The molecule has 0 aromatic carbocycles. The van der Waals surface area contributed by atoms with Gasteiger partial charge < -0.3 is 10.8 Å². The molecular formula is C7H6N4O2. The van der Waals surface area contributed by atoms with E-state index in [1.807, 2.05) is 0 Å². The molecule has 0 fully saturated rings. The van der Waals surface area contributed by atoms with Gasteiger partial charge in [0.05, 0.1) is 0 Å². The van der Waals surface area contributed by atoms with Crippen LogP contribution in [-0.2, 0) is 0 Å². The van der Waals surface area contributed by atoms with Crippen molar-refractivity contribution in [3.05, 3.63) is 24.2 Å². The van der Waals surface area contributed by atoms with Crippen LogP contribution >= 0.6 is 0 Å². The van der Waals surface area contributed by atoms with Crippen LogP contribution in [0.5, 0.6) is 0 Å². The van der Waals surface area contributed by atoms with E-state index in [1.165, 1.54) is 16.9 Å². The summed E-state index contributed by atoms with van der Waals surface area (Å²) in [7, 11) is 0. The smallest absolute Gasteiger partial charge is 0.354 e. The molecule has 0 aliphatic heterocycles. The average molecular weight is 178 g/mol. The lowest BCUT2D eigenvalue weighted by Gasteiger charge is -1.97. The Balaban J connectivity index is 2.83. The molecule has 6 heteroatoms. The summed E-state index contributed by atoms with van der Waals surface area (Å²) >= 11 is 0. The second-order valence-corrected chi connectivity index (χ2v) is 2.47. The van der Waals surface area contributed by atoms with Gasteiger partial charge in [-0.15, -0.1) is 0 Å². The number of nitrogens with two attached hydrogens (primary N) is 1. The number of hydrogen-bond donors (Lipinski definition) is 2. The third kappa shape index (κ3) is 0.994. The summed E-state index contributed by atoms with van der Waals surface area (Å²) < 4.78 is 1.24. The average Bonchev–Trinajstić information content (AvgIpc) is 2.48. The Hall–Kier alpha value is -2.11. The van der Waals surface area contributed by atoms with Crippen LogP contribution in [0.3, 0.4) is 0 Å². The van der Waals surface area contributed by atoms with Gasteiger partial charge in [-0.25, -0.2) is 14.3 Å². The maximum Gasteiger partial charge on any atom is 0.354 e. The molecule has 0 saturated carbocycles. The van der Waals surface area contributed by atoms with E-state index in [0.717, 1.165) is 0 Å². The summed E-state index contributed by atoms with van der Waals surface area (Å²) in [5.74, 6) is -0.777. The third-order valence-corrected chi connectivity index (χ3v) is 1.70. The van der Waals surface area contributed by atoms with Crippen molar-refractivity contribution in [1.82, 2.24) is 14.6 Å². The normalized spacial score (nSPS) is 10.5. The highest BCUT2D eigenvalue weighted by molar-refractivity contribution is 5.88. The van der Waals surface area contributed by atoms with Gasteiger partial charge in [-0.1, -0.05) is 0 Å². The fourth-order valence-electron chi connectivity index (χ4n) is 1.11. The summed E-state index contributed by atoms with van der Waals surface area (Å²) in [5.41, 5.74) is 6.08. The van der Waals surface area contributed by atoms with E-state index < -0.39 is 5.97 Å². The fourth-order valence-corrected chi connectivity index (χ4v) is 1.11. The van der Waals surface area contributed by atoms with Gasteiger partial charge in [-0.3, -0.25) is 0 Å². The van der Waals surface area contributed by atoms with Crippen LogP contribution in [0.4, 0.5) is 5.82 Å². The lowest BCUT2D eigenvalue weighted by Crippen LogP contribution is -2.06. The van der Waals surface area contributed by atoms with Gasteiger partial charge >= 0.3 is 5.97 Å². The number of aromatic carboxylic acids is 1. The SMILES string of the molecule is Nc1ncnn2c(C(=O)O)ccc12. The third-order valence-electron chi connectivity index (χ3n) is 1.70. The molecule has 6 nitrogen and oxygen atoms in total. The number of nitrogens with zero attached hydrogens (tertiary/aromatic N) is 3. The summed E-state index contributed by atoms with van der Waals surface area (Å²) in [6.07, 6.45) is 1.22. The minimum absolute atomic E-state index is 0.0732. The van der Waals surface area contributed by atoms with Crippen LogP contribution in [0.25, 0.3) is 5.52 Å². The Kier molecular flexibility index (Phi) is 1.42. The van der Waals surface area contributed by atoms with Crippen molar-refractivity contribution in [3.8, 4) is 0 Å². The van der Waals surface area contributed by atoms with Crippen molar-refractivity contribution >= 4 is 17.3 Å². The summed E-state index contributed by atoms with van der Waals surface area (Å²) in [4.78, 5) is 14.4. The minimum atomic E-state index is -1.04. The maximum atomic E-state index is 10.7. The van der Waals surface area contributed by atoms with Gasteiger partial charge in [0, 0.05) is 0 Å². The second-order valence-electron chi connectivity index (χ2n) is 2.47. The summed E-state index contributed by atoms with van der Waals surface area (Å²) in [6, 6.07) is 3.00. The quantitative estimate of drug-likeness (QED) is 0.641. The maximum absolute atomic E-state index is 10.7. The van der Waals surface area contributed by atoms with Crippen LogP contribution in [0, 0.1) is 0 Å². The number of carboxylic acids is 1. The molecule has 0 unspecified atom stereocenters. The van der Waals surface area contributed by atoms with Crippen molar-refractivity contribution in [3.63, 3.8) is 0 Å². The fraction of sp³-hybridized carbons (Fsp3) is 0. The number of hydrogen-bond acceptors (Lipinski definition) is 4. The largest absolute Gasteiger partial charge is 0.477 e. The lowest BCUT2D eigenvalue weighted by atomic mass is 10.4. The van der Waals surface area contributed by atoms with Gasteiger partial charge in [-0.2, -0.15) is 5.10 Å². The van der Waals surface area contributed by atoms with Crippen LogP contribution in [0.2, 0.25) is 0 Å². The van der Waals surface area contributed by atoms with Crippen molar-refractivity contribution in [2.75, 3.05) is 5.73 Å². The standard InChI is InChI=1S/C7H6N4O2/c8-6-4-1-2-5(7(12)13)11(4)10-3-9-6/h1-3H,(H,12,13)(H2,8,9,10). The van der Waals surface area contributed by atoms with Crippen LogP contribution in [0.1, 0.15) is 10.5 Å². The van der Waals surface area contributed by atoms with Gasteiger partial charge in [0.15, 0.2) is 11.5 Å². The molecule has 0 radical (unpaired) electrons. The molecule has 0 atom stereocenters. The molecule has 2 aromatic heterocycles. The predicted molar refractivity (Wildman–Crippen MR) is 44.4 cm³/mol. The van der Waals surface area contributed by atoms with Crippen molar-refractivity contribution in [2.24, 2.45) is 0 Å². The molecule has 2 heterocycles. The first kappa shape index (κ1) is 7.53. The van der Waals surface area contributed by atoms with E-state index in [1.54, 1.807) is 6.07 Å². The molecule has 0 aliphatic rings. The topological polar surface area (TPSA) is 93.5 Å². The zero-order valence-electron chi connectivity index (χ0n) is 6.51. The molecule has 0 spiro atoms. The van der Waals surface area contributed by atoms with Crippen molar-refractivity contribution < 1.29 is 9.90 Å². The first-order chi connectivity index (χ1) is 6.20. The van der Waals surface area contributed by atoms with Crippen LogP contribution < -0.4 is 5.73 Å².